The molecule has 3 heterocycles. The number of hydrogen-bond acceptors (Lipinski definition) is 4. The first-order valence-electron chi connectivity index (χ1n) is 12.0. The number of likely N-dealkylation sites (N-methyl/N-ethyl adjacent to an activating group) is 1. The highest BCUT2D eigenvalue weighted by molar-refractivity contribution is 5.33. The zero-order chi connectivity index (χ0) is 22.3. The average Bonchev–Trinajstić information content (AvgIpc) is 2.79. The number of hydrogen-bond donors (Lipinski definition) is 1. The summed E-state index contributed by atoms with van der Waals surface area (Å²) in [5, 5.41) is 3.72. The van der Waals surface area contributed by atoms with E-state index in [0.717, 1.165) is 52.0 Å². The van der Waals surface area contributed by atoms with Crippen LogP contribution in [0.1, 0.15) is 19.3 Å². The van der Waals surface area contributed by atoms with Crippen LogP contribution in [0.15, 0.2) is 48.1 Å². The Hall–Kier alpha value is -1.41. The van der Waals surface area contributed by atoms with Crippen LogP contribution in [0, 0.1) is 17.8 Å². The van der Waals surface area contributed by atoms with Gasteiger partial charge < -0.3 is 15.0 Å². The van der Waals surface area contributed by atoms with Gasteiger partial charge in [-0.1, -0.05) is 42.5 Å². The third-order valence-corrected chi connectivity index (χ3v) is 7.95. The smallest absolute Gasteiger partial charge is 0.373 e. The van der Waals surface area contributed by atoms with Gasteiger partial charge in [-0.05, 0) is 32.2 Å². The molecule has 0 aromatic rings. The first-order chi connectivity index (χ1) is 15.4. The number of halogens is 3. The van der Waals surface area contributed by atoms with Crippen LogP contribution in [0.3, 0.4) is 0 Å². The number of nitrogens with one attached hydrogen (secondary N) is 1. The van der Waals surface area contributed by atoms with Crippen LogP contribution in [0.2, 0.25) is 0 Å². The van der Waals surface area contributed by atoms with Crippen LogP contribution in [0.4, 0.5) is 13.2 Å². The maximum Gasteiger partial charge on any atom is 0.416 e. The lowest BCUT2D eigenvalue weighted by Gasteiger charge is -2.53. The number of nitrogens with zero attached hydrogens (tertiary/aromatic N) is 2. The number of ether oxygens (including phenoxy) is 1. The van der Waals surface area contributed by atoms with Crippen molar-refractivity contribution in [2.75, 3.05) is 39.8 Å². The van der Waals surface area contributed by atoms with E-state index in [9.17, 15) is 13.2 Å². The number of allylic oxidation sites excluding steroid dienone is 5. The van der Waals surface area contributed by atoms with Gasteiger partial charge in [-0.2, -0.15) is 13.2 Å². The number of piperazine rings is 1. The highest BCUT2D eigenvalue weighted by Gasteiger charge is 2.50. The second-order valence-corrected chi connectivity index (χ2v) is 10.1. The van der Waals surface area contributed by atoms with E-state index in [2.05, 4.69) is 46.5 Å². The molecule has 0 aromatic carbocycles. The quantitative estimate of drug-likeness (QED) is 0.713. The van der Waals surface area contributed by atoms with Crippen LogP contribution in [0.25, 0.3) is 0 Å². The maximum atomic E-state index is 13.5. The van der Waals surface area contributed by atoms with Gasteiger partial charge in [-0.3, -0.25) is 4.90 Å². The minimum absolute atomic E-state index is 0.0921. The van der Waals surface area contributed by atoms with Gasteiger partial charge in [0.2, 0.25) is 0 Å². The van der Waals surface area contributed by atoms with Gasteiger partial charge in [0.05, 0.1) is 17.8 Å². The Morgan fingerprint density at radius 1 is 1.09 bits per heavy atom. The normalized spacial score (nSPS) is 40.6. The molecule has 0 amide bonds. The van der Waals surface area contributed by atoms with Crippen molar-refractivity contribution in [3.8, 4) is 0 Å². The molecule has 0 aromatic heterocycles. The van der Waals surface area contributed by atoms with Gasteiger partial charge in [-0.25, -0.2) is 0 Å². The standard InChI is InChI=1S/C25H34F3N3O/c1-30-11-13-31(14-12-30)16-19-8-9-20-23(17-5-3-2-4-6-17)29-22-10-7-18(25(26,27)28)15-21(22)24(20)32-19/h2-5,7,10,15,17,19-24,29H,6,8-9,11-14,16H2,1H3. The third-order valence-electron chi connectivity index (χ3n) is 7.95. The lowest BCUT2D eigenvalue weighted by Crippen LogP contribution is -2.64. The fraction of sp³-hybridized carbons (Fsp3) is 0.680. The van der Waals surface area contributed by atoms with Crippen LogP contribution in [0.5, 0.6) is 0 Å². The summed E-state index contributed by atoms with van der Waals surface area (Å²) < 4.78 is 47.2. The fourth-order valence-electron chi connectivity index (χ4n) is 6.16. The Morgan fingerprint density at radius 3 is 2.62 bits per heavy atom. The summed E-state index contributed by atoms with van der Waals surface area (Å²) in [7, 11) is 2.14. The highest BCUT2D eigenvalue weighted by atomic mass is 19.4. The summed E-state index contributed by atoms with van der Waals surface area (Å²) in [6, 6.07) is 0.103. The molecule has 7 unspecified atom stereocenters. The molecule has 3 saturated heterocycles. The molecule has 7 heteroatoms. The molecule has 2 aliphatic carbocycles. The second kappa shape index (κ2) is 9.09. The molecule has 176 valence electrons. The molecule has 0 saturated carbocycles. The summed E-state index contributed by atoms with van der Waals surface area (Å²) in [6.45, 7) is 5.05. The largest absolute Gasteiger partial charge is 0.416 e. The Morgan fingerprint density at radius 2 is 1.91 bits per heavy atom. The van der Waals surface area contributed by atoms with Crippen molar-refractivity contribution in [2.45, 2.75) is 49.7 Å². The van der Waals surface area contributed by atoms with Crippen LogP contribution in [-0.2, 0) is 4.74 Å². The molecular weight excluding hydrogens is 415 g/mol. The van der Waals surface area contributed by atoms with Gasteiger partial charge in [0.15, 0.2) is 0 Å². The number of piperidine rings is 1. The molecule has 3 aliphatic heterocycles. The molecule has 1 N–H and O–H groups in total. The molecule has 3 fully saturated rings. The maximum absolute atomic E-state index is 13.5. The minimum atomic E-state index is -4.32. The predicted octanol–water partition coefficient (Wildman–Crippen LogP) is 3.55. The third kappa shape index (κ3) is 4.63. The summed E-state index contributed by atoms with van der Waals surface area (Å²) in [6.07, 6.45) is 11.5. The predicted molar refractivity (Wildman–Crippen MR) is 119 cm³/mol. The van der Waals surface area contributed by atoms with E-state index in [-0.39, 0.29) is 36.1 Å². The second-order valence-electron chi connectivity index (χ2n) is 10.1. The van der Waals surface area contributed by atoms with E-state index < -0.39 is 11.7 Å². The van der Waals surface area contributed by atoms with Gasteiger partial charge in [0.25, 0.3) is 0 Å². The van der Waals surface area contributed by atoms with Gasteiger partial charge in [-0.15, -0.1) is 0 Å². The molecule has 4 nitrogen and oxygen atoms in total. The van der Waals surface area contributed by atoms with Crippen molar-refractivity contribution in [2.24, 2.45) is 17.8 Å². The van der Waals surface area contributed by atoms with Crippen molar-refractivity contribution < 1.29 is 17.9 Å². The molecule has 5 rings (SSSR count). The lowest BCUT2D eigenvalue weighted by atomic mass is 9.67. The Balaban J connectivity index is 1.36. The fourth-order valence-corrected chi connectivity index (χ4v) is 6.16. The zero-order valence-electron chi connectivity index (χ0n) is 18.7. The van der Waals surface area contributed by atoms with Crippen molar-refractivity contribution in [3.05, 3.63) is 48.1 Å². The van der Waals surface area contributed by atoms with E-state index in [4.69, 9.17) is 4.74 Å². The van der Waals surface area contributed by atoms with Crippen molar-refractivity contribution in [1.29, 1.82) is 0 Å². The zero-order valence-corrected chi connectivity index (χ0v) is 18.7. The summed E-state index contributed by atoms with van der Waals surface area (Å²) >= 11 is 0. The summed E-state index contributed by atoms with van der Waals surface area (Å²) in [5.41, 5.74) is -0.539. The first-order valence-corrected chi connectivity index (χ1v) is 12.0. The molecule has 0 spiro atoms. The summed E-state index contributed by atoms with van der Waals surface area (Å²) in [4.78, 5) is 4.79. The molecule has 0 radical (unpaired) electrons. The monoisotopic (exact) mass is 449 g/mol. The van der Waals surface area contributed by atoms with Crippen LogP contribution >= 0.6 is 0 Å². The Labute approximate surface area is 188 Å². The molecular formula is C25H34F3N3O. The molecule has 32 heavy (non-hydrogen) atoms. The average molecular weight is 450 g/mol. The van der Waals surface area contributed by atoms with Crippen molar-refractivity contribution in [1.82, 2.24) is 15.1 Å². The SMILES string of the molecule is CN1CCN(CC2CCC3C(C4C=CC=CC4)NC4C=CC(C(F)(F)F)=CC4C3O2)CC1. The topological polar surface area (TPSA) is 27.7 Å². The van der Waals surface area contributed by atoms with E-state index in [1.165, 1.54) is 12.2 Å². The van der Waals surface area contributed by atoms with E-state index in [1.807, 2.05) is 0 Å². The minimum Gasteiger partial charge on any atom is -0.373 e. The van der Waals surface area contributed by atoms with Gasteiger partial charge in [0.1, 0.15) is 0 Å². The Bertz CT molecular complexity index is 797. The van der Waals surface area contributed by atoms with Gasteiger partial charge >= 0.3 is 6.18 Å². The molecule has 0 bridgehead atoms. The number of rotatable bonds is 3. The lowest BCUT2D eigenvalue weighted by molar-refractivity contribution is -0.141. The number of fused-ring (bicyclic) bond motifs is 3. The summed E-state index contributed by atoms with van der Waals surface area (Å²) in [5.74, 6) is 0.294. The van der Waals surface area contributed by atoms with E-state index in [0.29, 0.717) is 5.92 Å². The van der Waals surface area contributed by atoms with Crippen LogP contribution < -0.4 is 5.32 Å². The number of alkyl halides is 3. The van der Waals surface area contributed by atoms with Crippen LogP contribution in [-0.4, -0.2) is 80.0 Å². The van der Waals surface area contributed by atoms with Gasteiger partial charge in [0, 0.05) is 56.6 Å². The van der Waals surface area contributed by atoms with E-state index in [1.54, 1.807) is 6.08 Å². The van der Waals surface area contributed by atoms with Crippen molar-refractivity contribution in [3.63, 3.8) is 0 Å². The molecule has 5 aliphatic rings. The van der Waals surface area contributed by atoms with E-state index >= 15 is 0 Å². The van der Waals surface area contributed by atoms with Crippen molar-refractivity contribution >= 4 is 0 Å². The molecule has 7 atom stereocenters. The highest BCUT2D eigenvalue weighted by Crippen LogP contribution is 2.44. The first kappa shape index (κ1) is 22.4. The Kier molecular flexibility index (Phi) is 6.36.